The molecule has 142 valence electrons. The van der Waals surface area contributed by atoms with Crippen LogP contribution < -0.4 is 20.7 Å². The summed E-state index contributed by atoms with van der Waals surface area (Å²) in [6.07, 6.45) is -0.693. The van der Waals surface area contributed by atoms with E-state index in [1.54, 1.807) is 19.1 Å². The van der Waals surface area contributed by atoms with Crippen molar-refractivity contribution in [1.29, 1.82) is 0 Å². The monoisotopic (exact) mass is 368 g/mol. The summed E-state index contributed by atoms with van der Waals surface area (Å²) >= 11 is 0. The lowest BCUT2D eigenvalue weighted by molar-refractivity contribution is -0.127. The highest BCUT2D eigenvalue weighted by Gasteiger charge is 2.34. The molecule has 3 rings (SSSR count). The average Bonchev–Trinajstić information content (AvgIpc) is 2.59. The van der Waals surface area contributed by atoms with Gasteiger partial charge in [-0.05, 0) is 42.2 Å². The molecule has 1 unspecified atom stereocenters. The molecule has 2 amide bonds. The molecule has 1 atom stereocenters. The van der Waals surface area contributed by atoms with Crippen molar-refractivity contribution in [2.75, 3.05) is 22.5 Å². The van der Waals surface area contributed by atoms with E-state index in [1.807, 2.05) is 24.3 Å². The topological polar surface area (TPSA) is 97.6 Å². The van der Waals surface area contributed by atoms with Crippen LogP contribution in [0, 0.1) is 0 Å². The lowest BCUT2D eigenvalue weighted by atomic mass is 9.87. The maximum absolute atomic E-state index is 12.5. The van der Waals surface area contributed by atoms with Gasteiger partial charge in [-0.3, -0.25) is 14.5 Å². The lowest BCUT2D eigenvalue weighted by Gasteiger charge is -2.31. The van der Waals surface area contributed by atoms with Crippen molar-refractivity contribution in [2.24, 2.45) is 0 Å². The number of fused-ring (bicyclic) bond motifs is 1. The molecule has 2 heterocycles. The zero-order valence-corrected chi connectivity index (χ0v) is 15.9. The second kappa shape index (κ2) is 6.90. The first-order chi connectivity index (χ1) is 12.6. The van der Waals surface area contributed by atoms with Gasteiger partial charge in [-0.2, -0.15) is 0 Å². The third-order valence-corrected chi connectivity index (χ3v) is 4.37. The molecular weight excluding hydrogens is 344 g/mol. The number of benzene rings is 1. The zero-order valence-electron chi connectivity index (χ0n) is 15.9. The van der Waals surface area contributed by atoms with Crippen LogP contribution in [-0.2, 0) is 15.0 Å². The van der Waals surface area contributed by atoms with E-state index in [-0.39, 0.29) is 35.4 Å². The summed E-state index contributed by atoms with van der Waals surface area (Å²) in [7, 11) is 0. The van der Waals surface area contributed by atoms with Gasteiger partial charge in [0.1, 0.15) is 12.4 Å². The van der Waals surface area contributed by atoms with Crippen LogP contribution in [0.5, 0.6) is 5.75 Å². The fraction of sp³-hybridized carbons (Fsp3) is 0.350. The van der Waals surface area contributed by atoms with Gasteiger partial charge in [-0.15, -0.1) is 0 Å². The molecule has 0 saturated heterocycles. The molecule has 0 radical (unpaired) electrons. The molecule has 7 heteroatoms. The number of amides is 2. The second-order valence-electron chi connectivity index (χ2n) is 7.62. The van der Waals surface area contributed by atoms with Gasteiger partial charge < -0.3 is 15.8 Å². The van der Waals surface area contributed by atoms with E-state index in [0.29, 0.717) is 11.4 Å². The fourth-order valence-electron chi connectivity index (χ4n) is 2.85. The first-order valence-electron chi connectivity index (χ1n) is 8.80. The largest absolute Gasteiger partial charge is 0.477 e. The SMILES string of the molecule is CC1Oc2ccc(N)nc2N(CC(=O)Nc2ccc(C(C)(C)C)cc2)C1=O. The molecule has 1 aliphatic rings. The van der Waals surface area contributed by atoms with Crippen LogP contribution in [0.1, 0.15) is 33.3 Å². The third kappa shape index (κ3) is 4.02. The molecule has 7 nitrogen and oxygen atoms in total. The number of nitrogens with zero attached hydrogens (tertiary/aromatic N) is 2. The molecule has 0 fully saturated rings. The summed E-state index contributed by atoms with van der Waals surface area (Å²) in [5.74, 6) is 0.285. The molecule has 1 aromatic heterocycles. The molecule has 0 bridgehead atoms. The number of nitrogen functional groups attached to an aromatic ring is 1. The molecule has 2 aromatic rings. The van der Waals surface area contributed by atoms with Crippen LogP contribution in [-0.4, -0.2) is 29.4 Å². The van der Waals surface area contributed by atoms with Crippen molar-refractivity contribution in [2.45, 2.75) is 39.2 Å². The van der Waals surface area contributed by atoms with Crippen LogP contribution in [0.3, 0.4) is 0 Å². The van der Waals surface area contributed by atoms with E-state index < -0.39 is 6.10 Å². The number of carbonyl (C=O) groups is 2. The highest BCUT2D eigenvalue weighted by Crippen LogP contribution is 2.32. The van der Waals surface area contributed by atoms with Gasteiger partial charge in [0.2, 0.25) is 5.91 Å². The summed E-state index contributed by atoms with van der Waals surface area (Å²) in [6.45, 7) is 7.85. The normalized spacial score (nSPS) is 16.5. The molecular formula is C20H24N4O3. The Kier molecular flexibility index (Phi) is 4.78. The third-order valence-electron chi connectivity index (χ3n) is 4.37. The summed E-state index contributed by atoms with van der Waals surface area (Å²) in [5.41, 5.74) is 7.60. The Hall–Kier alpha value is -3.09. The number of nitrogens with two attached hydrogens (primary N) is 1. The van der Waals surface area contributed by atoms with Crippen molar-refractivity contribution >= 4 is 29.1 Å². The van der Waals surface area contributed by atoms with Crippen LogP contribution in [0.4, 0.5) is 17.3 Å². The Morgan fingerprint density at radius 1 is 1.22 bits per heavy atom. The van der Waals surface area contributed by atoms with Gasteiger partial charge in [-0.25, -0.2) is 4.98 Å². The Labute approximate surface area is 158 Å². The minimum absolute atomic E-state index is 0.0359. The highest BCUT2D eigenvalue weighted by molar-refractivity contribution is 6.05. The zero-order chi connectivity index (χ0) is 19.8. The molecule has 27 heavy (non-hydrogen) atoms. The van der Waals surface area contributed by atoms with Crippen LogP contribution in [0.25, 0.3) is 0 Å². The van der Waals surface area contributed by atoms with Gasteiger partial charge in [0.15, 0.2) is 17.7 Å². The number of rotatable bonds is 3. The Balaban J connectivity index is 1.76. The summed E-state index contributed by atoms with van der Waals surface area (Å²) < 4.78 is 5.53. The van der Waals surface area contributed by atoms with E-state index in [0.717, 1.165) is 0 Å². The van der Waals surface area contributed by atoms with Crippen LogP contribution in [0.15, 0.2) is 36.4 Å². The van der Waals surface area contributed by atoms with Crippen molar-refractivity contribution in [3.63, 3.8) is 0 Å². The summed E-state index contributed by atoms with van der Waals surface area (Å²) in [4.78, 5) is 30.4. The molecule has 1 aromatic carbocycles. The maximum atomic E-state index is 12.5. The predicted octanol–water partition coefficient (Wildman–Crippen LogP) is 2.71. The van der Waals surface area contributed by atoms with E-state index in [4.69, 9.17) is 10.5 Å². The van der Waals surface area contributed by atoms with Gasteiger partial charge >= 0.3 is 0 Å². The number of pyridine rings is 1. The molecule has 0 saturated carbocycles. The molecule has 3 N–H and O–H groups in total. The number of aromatic nitrogens is 1. The number of nitrogens with one attached hydrogen (secondary N) is 1. The Morgan fingerprint density at radius 3 is 2.52 bits per heavy atom. The second-order valence-corrected chi connectivity index (χ2v) is 7.62. The number of carbonyl (C=O) groups excluding carboxylic acids is 2. The van der Waals surface area contributed by atoms with Crippen LogP contribution >= 0.6 is 0 Å². The number of ether oxygens (including phenoxy) is 1. The van der Waals surface area contributed by atoms with E-state index in [2.05, 4.69) is 31.1 Å². The Morgan fingerprint density at radius 2 is 1.89 bits per heavy atom. The van der Waals surface area contributed by atoms with Crippen molar-refractivity contribution < 1.29 is 14.3 Å². The van der Waals surface area contributed by atoms with E-state index in [1.165, 1.54) is 10.5 Å². The molecule has 0 spiro atoms. The van der Waals surface area contributed by atoms with Gasteiger partial charge in [0, 0.05) is 5.69 Å². The van der Waals surface area contributed by atoms with Gasteiger partial charge in [0.05, 0.1) is 0 Å². The van der Waals surface area contributed by atoms with Crippen LogP contribution in [0.2, 0.25) is 0 Å². The van der Waals surface area contributed by atoms with Crippen molar-refractivity contribution in [3.8, 4) is 5.75 Å². The Bertz CT molecular complexity index is 872. The van der Waals surface area contributed by atoms with Crippen molar-refractivity contribution in [1.82, 2.24) is 4.98 Å². The fourth-order valence-corrected chi connectivity index (χ4v) is 2.85. The summed E-state index contributed by atoms with van der Waals surface area (Å²) in [5, 5.41) is 2.82. The average molecular weight is 368 g/mol. The highest BCUT2D eigenvalue weighted by atomic mass is 16.5. The number of anilines is 3. The first kappa shape index (κ1) is 18.7. The summed E-state index contributed by atoms with van der Waals surface area (Å²) in [6, 6.07) is 10.9. The smallest absolute Gasteiger partial charge is 0.269 e. The van der Waals surface area contributed by atoms with E-state index >= 15 is 0 Å². The first-order valence-corrected chi connectivity index (χ1v) is 8.80. The molecule has 0 aliphatic carbocycles. The minimum Gasteiger partial charge on any atom is -0.477 e. The number of hydrogen-bond donors (Lipinski definition) is 2. The van der Waals surface area contributed by atoms with E-state index in [9.17, 15) is 9.59 Å². The van der Waals surface area contributed by atoms with Gasteiger partial charge in [0.25, 0.3) is 5.91 Å². The quantitative estimate of drug-likeness (QED) is 0.868. The minimum atomic E-state index is -0.693. The van der Waals surface area contributed by atoms with Gasteiger partial charge in [-0.1, -0.05) is 32.9 Å². The molecule has 1 aliphatic heterocycles. The standard InChI is InChI=1S/C20H24N4O3/c1-12-19(26)24(18-15(27-12)9-10-16(21)23-18)11-17(25)22-14-7-5-13(6-8-14)20(2,3)4/h5-10,12H,11H2,1-4H3,(H2,21,23)(H,22,25). The maximum Gasteiger partial charge on any atom is 0.269 e. The lowest BCUT2D eigenvalue weighted by Crippen LogP contribution is -2.48. The number of hydrogen-bond acceptors (Lipinski definition) is 5. The predicted molar refractivity (Wildman–Crippen MR) is 105 cm³/mol. The van der Waals surface area contributed by atoms with Crippen molar-refractivity contribution in [3.05, 3.63) is 42.0 Å².